The lowest BCUT2D eigenvalue weighted by Gasteiger charge is -2.35. The van der Waals surface area contributed by atoms with Crippen molar-refractivity contribution in [3.05, 3.63) is 0 Å². The van der Waals surface area contributed by atoms with Crippen LogP contribution in [0.2, 0.25) is 0 Å². The molecule has 126 valence electrons. The lowest BCUT2D eigenvalue weighted by atomic mass is 9.88. The number of amides is 1. The van der Waals surface area contributed by atoms with Gasteiger partial charge >= 0.3 is 0 Å². The van der Waals surface area contributed by atoms with Gasteiger partial charge in [-0.05, 0) is 57.5 Å². The van der Waals surface area contributed by atoms with E-state index in [-0.39, 0.29) is 17.9 Å². The fourth-order valence-electron chi connectivity index (χ4n) is 4.28. The van der Waals surface area contributed by atoms with E-state index in [0.29, 0.717) is 6.54 Å². The largest absolute Gasteiger partial charge is 0.376 e. The molecule has 2 aliphatic heterocycles. The van der Waals surface area contributed by atoms with Crippen LogP contribution in [-0.2, 0) is 9.53 Å². The van der Waals surface area contributed by atoms with E-state index in [1.54, 1.807) is 0 Å². The van der Waals surface area contributed by atoms with E-state index < -0.39 is 0 Å². The molecule has 1 N–H and O–H groups in total. The number of ether oxygens (including phenoxy) is 1. The average molecular weight is 308 g/mol. The minimum absolute atomic E-state index is 0.226. The van der Waals surface area contributed by atoms with E-state index in [9.17, 15) is 4.79 Å². The number of nitrogens with zero attached hydrogens (tertiary/aromatic N) is 1. The molecule has 4 nitrogen and oxygen atoms in total. The van der Waals surface area contributed by atoms with Gasteiger partial charge in [-0.3, -0.25) is 4.79 Å². The number of nitrogens with one attached hydrogen (secondary N) is 1. The van der Waals surface area contributed by atoms with Crippen molar-refractivity contribution in [3.63, 3.8) is 0 Å². The quantitative estimate of drug-likeness (QED) is 0.849. The second-order valence-corrected chi connectivity index (χ2v) is 7.46. The van der Waals surface area contributed by atoms with Gasteiger partial charge < -0.3 is 15.0 Å². The van der Waals surface area contributed by atoms with Crippen molar-refractivity contribution >= 4 is 5.91 Å². The molecule has 0 bridgehead atoms. The summed E-state index contributed by atoms with van der Waals surface area (Å²) >= 11 is 0. The molecule has 0 spiro atoms. The number of carbonyl (C=O) groups excluding carboxylic acids is 1. The highest BCUT2D eigenvalue weighted by Crippen LogP contribution is 2.26. The third kappa shape index (κ3) is 4.69. The van der Waals surface area contributed by atoms with Crippen LogP contribution in [0.4, 0.5) is 0 Å². The Kier molecular flexibility index (Phi) is 6.13. The Morgan fingerprint density at radius 1 is 1.00 bits per heavy atom. The highest BCUT2D eigenvalue weighted by Gasteiger charge is 2.27. The number of piperidine rings is 1. The number of carbonyl (C=O) groups is 1. The molecule has 4 heteroatoms. The maximum atomic E-state index is 12.3. The molecule has 0 aromatic rings. The van der Waals surface area contributed by atoms with E-state index in [1.807, 2.05) is 0 Å². The normalized spacial score (nSPS) is 28.8. The van der Waals surface area contributed by atoms with Crippen molar-refractivity contribution in [3.8, 4) is 0 Å². The van der Waals surface area contributed by atoms with Crippen LogP contribution in [0.1, 0.15) is 57.8 Å². The summed E-state index contributed by atoms with van der Waals surface area (Å²) in [6, 6.07) is 0. The Morgan fingerprint density at radius 2 is 1.77 bits per heavy atom. The summed E-state index contributed by atoms with van der Waals surface area (Å²) in [7, 11) is 0. The molecule has 1 aliphatic carbocycles. The summed E-state index contributed by atoms with van der Waals surface area (Å²) in [5.74, 6) is 1.40. The predicted octanol–water partition coefficient (Wildman–Crippen LogP) is 2.57. The SMILES string of the molecule is O=C(NC[C@H]1CCCO1)C1CCN(CC2CCCCC2)CC1. The summed E-state index contributed by atoms with van der Waals surface area (Å²) in [6.07, 6.45) is 11.7. The van der Waals surface area contributed by atoms with Gasteiger partial charge in [0.1, 0.15) is 0 Å². The smallest absolute Gasteiger partial charge is 0.223 e. The molecular weight excluding hydrogens is 276 g/mol. The van der Waals surface area contributed by atoms with Crippen molar-refractivity contribution < 1.29 is 9.53 Å². The molecule has 3 rings (SSSR count). The zero-order valence-corrected chi connectivity index (χ0v) is 13.9. The second-order valence-electron chi connectivity index (χ2n) is 7.46. The highest BCUT2D eigenvalue weighted by molar-refractivity contribution is 5.78. The molecule has 22 heavy (non-hydrogen) atoms. The first-order chi connectivity index (χ1) is 10.8. The summed E-state index contributed by atoms with van der Waals surface area (Å²) in [5, 5.41) is 3.11. The molecule has 0 aromatic heterocycles. The third-order valence-corrected chi connectivity index (χ3v) is 5.73. The fraction of sp³-hybridized carbons (Fsp3) is 0.944. The van der Waals surface area contributed by atoms with Gasteiger partial charge in [0.15, 0.2) is 0 Å². The first-order valence-electron chi connectivity index (χ1n) is 9.43. The van der Waals surface area contributed by atoms with E-state index in [0.717, 1.165) is 51.3 Å². The molecule has 0 aromatic carbocycles. The molecule has 1 saturated carbocycles. The van der Waals surface area contributed by atoms with Crippen molar-refractivity contribution in [1.29, 1.82) is 0 Å². The summed E-state index contributed by atoms with van der Waals surface area (Å²) < 4.78 is 5.57. The number of hydrogen-bond acceptors (Lipinski definition) is 3. The minimum atomic E-state index is 0.226. The first kappa shape index (κ1) is 16.3. The van der Waals surface area contributed by atoms with Crippen LogP contribution in [0.3, 0.4) is 0 Å². The number of rotatable bonds is 5. The Morgan fingerprint density at radius 3 is 2.45 bits per heavy atom. The summed E-state index contributed by atoms with van der Waals surface area (Å²) in [6.45, 7) is 5.05. The first-order valence-corrected chi connectivity index (χ1v) is 9.43. The van der Waals surface area contributed by atoms with Crippen LogP contribution in [0, 0.1) is 11.8 Å². The van der Waals surface area contributed by atoms with Gasteiger partial charge in [0, 0.05) is 25.6 Å². The monoisotopic (exact) mass is 308 g/mol. The zero-order chi connectivity index (χ0) is 15.2. The molecule has 0 radical (unpaired) electrons. The fourth-order valence-corrected chi connectivity index (χ4v) is 4.28. The van der Waals surface area contributed by atoms with Crippen molar-refractivity contribution in [1.82, 2.24) is 10.2 Å². The van der Waals surface area contributed by atoms with Gasteiger partial charge in [-0.1, -0.05) is 19.3 Å². The molecule has 1 atom stereocenters. The van der Waals surface area contributed by atoms with Crippen LogP contribution < -0.4 is 5.32 Å². The molecular formula is C18H32N2O2. The number of hydrogen-bond donors (Lipinski definition) is 1. The van der Waals surface area contributed by atoms with E-state index in [1.165, 1.54) is 38.6 Å². The standard InChI is InChI=1S/C18H32N2O2/c21-18(19-13-17-7-4-12-22-17)16-8-10-20(11-9-16)14-15-5-2-1-3-6-15/h15-17H,1-14H2,(H,19,21)/t17-/m1/s1. The molecule has 3 fully saturated rings. The molecule has 2 heterocycles. The second kappa shape index (κ2) is 8.30. The number of likely N-dealkylation sites (tertiary alicyclic amines) is 1. The third-order valence-electron chi connectivity index (χ3n) is 5.73. The summed E-state index contributed by atoms with van der Waals surface area (Å²) in [4.78, 5) is 14.9. The van der Waals surface area contributed by atoms with E-state index in [4.69, 9.17) is 4.74 Å². The Bertz CT molecular complexity index is 341. The average Bonchev–Trinajstić information content (AvgIpc) is 3.08. The van der Waals surface area contributed by atoms with Crippen molar-refractivity contribution in [2.45, 2.75) is 63.9 Å². The van der Waals surface area contributed by atoms with Crippen LogP contribution in [0.25, 0.3) is 0 Å². The maximum Gasteiger partial charge on any atom is 0.223 e. The molecule has 2 saturated heterocycles. The van der Waals surface area contributed by atoms with Crippen LogP contribution in [0.5, 0.6) is 0 Å². The topological polar surface area (TPSA) is 41.6 Å². The predicted molar refractivity (Wildman–Crippen MR) is 87.7 cm³/mol. The lowest BCUT2D eigenvalue weighted by molar-refractivity contribution is -0.127. The molecule has 3 aliphatic rings. The van der Waals surface area contributed by atoms with Gasteiger partial charge in [0.05, 0.1) is 6.10 Å². The molecule has 0 unspecified atom stereocenters. The van der Waals surface area contributed by atoms with Gasteiger partial charge in [0.25, 0.3) is 0 Å². The maximum absolute atomic E-state index is 12.3. The Labute approximate surface area is 135 Å². The van der Waals surface area contributed by atoms with Gasteiger partial charge in [-0.2, -0.15) is 0 Å². The molecule has 1 amide bonds. The zero-order valence-electron chi connectivity index (χ0n) is 13.9. The van der Waals surface area contributed by atoms with Crippen LogP contribution in [0.15, 0.2) is 0 Å². The van der Waals surface area contributed by atoms with E-state index >= 15 is 0 Å². The Hall–Kier alpha value is -0.610. The highest BCUT2D eigenvalue weighted by atomic mass is 16.5. The van der Waals surface area contributed by atoms with Crippen molar-refractivity contribution in [2.24, 2.45) is 11.8 Å². The van der Waals surface area contributed by atoms with Gasteiger partial charge in [0.2, 0.25) is 5.91 Å². The Balaban J connectivity index is 1.32. The van der Waals surface area contributed by atoms with Gasteiger partial charge in [-0.15, -0.1) is 0 Å². The van der Waals surface area contributed by atoms with Gasteiger partial charge in [-0.25, -0.2) is 0 Å². The van der Waals surface area contributed by atoms with Crippen LogP contribution >= 0.6 is 0 Å². The lowest BCUT2D eigenvalue weighted by Crippen LogP contribution is -2.43. The van der Waals surface area contributed by atoms with Crippen molar-refractivity contribution in [2.75, 3.05) is 32.8 Å². The minimum Gasteiger partial charge on any atom is -0.376 e. The van der Waals surface area contributed by atoms with E-state index in [2.05, 4.69) is 10.2 Å². The van der Waals surface area contributed by atoms with Crippen LogP contribution in [-0.4, -0.2) is 49.7 Å². The summed E-state index contributed by atoms with van der Waals surface area (Å²) in [5.41, 5.74) is 0.